The third-order valence-corrected chi connectivity index (χ3v) is 3.98. The number of allylic oxidation sites excluding steroid dienone is 4. The Kier molecular flexibility index (Phi) is 3.09. The van der Waals surface area contributed by atoms with E-state index < -0.39 is 0 Å². The largest absolute Gasteiger partial charge is 0.419 e. The van der Waals surface area contributed by atoms with E-state index in [2.05, 4.69) is 26.8 Å². The molecule has 1 aliphatic carbocycles. The molecule has 0 aromatic heterocycles. The fraction of sp³-hybridized carbons (Fsp3) is 0.556. The van der Waals surface area contributed by atoms with Crippen LogP contribution in [-0.2, 0) is 4.43 Å². The molecule has 0 unspecified atom stereocenters. The lowest BCUT2D eigenvalue weighted by molar-refractivity contribution is 0.365. The molecule has 0 aromatic carbocycles. The Balaban J connectivity index is 2.48. The minimum absolute atomic E-state index is 0.388. The molecule has 0 saturated heterocycles. The molecule has 0 radical (unpaired) electrons. The first kappa shape index (κ1) is 8.75. The van der Waals surface area contributed by atoms with Gasteiger partial charge in [0.25, 0.3) is 0 Å². The Morgan fingerprint density at radius 2 is 2.27 bits per heavy atom. The summed E-state index contributed by atoms with van der Waals surface area (Å²) < 4.78 is 5.47. The Hall–Kier alpha value is -0.343. The molecule has 1 nitrogen and oxygen atoms in total. The first-order chi connectivity index (χ1) is 5.25. The van der Waals surface area contributed by atoms with Gasteiger partial charge >= 0.3 is 0 Å². The maximum Gasteiger partial charge on any atom is 0.192 e. The molecule has 0 amide bonds. The van der Waals surface area contributed by atoms with E-state index in [0.717, 1.165) is 13.0 Å². The van der Waals surface area contributed by atoms with Crippen molar-refractivity contribution in [3.05, 3.63) is 22.4 Å². The van der Waals surface area contributed by atoms with E-state index in [4.69, 9.17) is 4.43 Å². The molecule has 11 heavy (non-hydrogen) atoms. The molecular weight excluding hydrogens is 152 g/mol. The van der Waals surface area contributed by atoms with Crippen LogP contribution in [0.4, 0.5) is 0 Å². The van der Waals surface area contributed by atoms with Crippen LogP contribution in [0.2, 0.25) is 0 Å². The van der Waals surface area contributed by atoms with E-state index in [1.165, 1.54) is 16.3 Å². The second-order valence-corrected chi connectivity index (χ2v) is 4.43. The van der Waals surface area contributed by atoms with Crippen LogP contribution in [0.3, 0.4) is 0 Å². The zero-order chi connectivity index (χ0) is 8.27. The zero-order valence-electron chi connectivity index (χ0n) is 7.61. The molecule has 1 aliphatic rings. The second-order valence-electron chi connectivity index (χ2n) is 2.98. The fourth-order valence-corrected chi connectivity index (χ4v) is 2.44. The monoisotopic (exact) mass is 168 g/mol. The zero-order valence-corrected chi connectivity index (χ0v) is 9.02. The molecule has 0 N–H and O–H groups in total. The lowest BCUT2D eigenvalue weighted by Gasteiger charge is -2.03. The summed E-state index contributed by atoms with van der Waals surface area (Å²) in [6.07, 6.45) is 3.48. The Labute approximate surface area is 71.1 Å². The minimum atomic E-state index is -0.388. The van der Waals surface area contributed by atoms with Crippen molar-refractivity contribution < 1.29 is 4.43 Å². The Morgan fingerprint density at radius 3 is 2.73 bits per heavy atom. The van der Waals surface area contributed by atoms with Gasteiger partial charge in [-0.15, -0.1) is 0 Å². The van der Waals surface area contributed by atoms with E-state index in [-0.39, 0.29) is 9.76 Å². The van der Waals surface area contributed by atoms with Crippen LogP contribution in [0, 0.1) is 0 Å². The number of hydrogen-bond donors (Lipinski definition) is 0. The minimum Gasteiger partial charge on any atom is -0.419 e. The molecule has 0 fully saturated rings. The van der Waals surface area contributed by atoms with Crippen LogP contribution in [-0.4, -0.2) is 16.4 Å². The highest BCUT2D eigenvalue weighted by Crippen LogP contribution is 2.24. The van der Waals surface area contributed by atoms with Crippen molar-refractivity contribution in [1.29, 1.82) is 0 Å². The molecule has 0 spiro atoms. The summed E-state index contributed by atoms with van der Waals surface area (Å²) in [6, 6.07) is 0. The van der Waals surface area contributed by atoms with Gasteiger partial charge in [0.2, 0.25) is 0 Å². The van der Waals surface area contributed by atoms with Gasteiger partial charge in [-0.05, 0) is 32.4 Å². The Bertz CT molecular complexity index is 204. The summed E-state index contributed by atoms with van der Waals surface area (Å²) >= 11 is 0. The van der Waals surface area contributed by atoms with Crippen molar-refractivity contribution in [3.63, 3.8) is 0 Å². The number of rotatable bonds is 3. The van der Waals surface area contributed by atoms with Gasteiger partial charge in [-0.3, -0.25) is 0 Å². The maximum absolute atomic E-state index is 5.47. The van der Waals surface area contributed by atoms with Gasteiger partial charge in [-0.2, -0.15) is 0 Å². The van der Waals surface area contributed by atoms with Crippen molar-refractivity contribution >= 4 is 9.76 Å². The average Bonchev–Trinajstić information content (AvgIpc) is 2.31. The predicted molar refractivity (Wildman–Crippen MR) is 51.2 cm³/mol. The first-order valence-electron chi connectivity index (χ1n) is 4.19. The van der Waals surface area contributed by atoms with Crippen LogP contribution >= 0.6 is 0 Å². The molecule has 0 aliphatic heterocycles. The van der Waals surface area contributed by atoms with Gasteiger partial charge in [-0.1, -0.05) is 17.2 Å². The van der Waals surface area contributed by atoms with Gasteiger partial charge in [-0.25, -0.2) is 0 Å². The molecule has 0 heterocycles. The van der Waals surface area contributed by atoms with Crippen molar-refractivity contribution in [2.45, 2.75) is 27.2 Å². The predicted octanol–water partition coefficient (Wildman–Crippen LogP) is 1.73. The normalized spacial score (nSPS) is 18.6. The van der Waals surface area contributed by atoms with E-state index in [1.807, 2.05) is 0 Å². The van der Waals surface area contributed by atoms with Gasteiger partial charge < -0.3 is 4.43 Å². The molecule has 0 bridgehead atoms. The number of hydrogen-bond acceptors (Lipinski definition) is 1. The van der Waals surface area contributed by atoms with Gasteiger partial charge in [0.05, 0.1) is 0 Å². The summed E-state index contributed by atoms with van der Waals surface area (Å²) in [5.74, 6) is 0. The highest BCUT2D eigenvalue weighted by atomic mass is 28.2. The third-order valence-electron chi connectivity index (χ3n) is 2.24. The SMILES string of the molecule is CCO[SiH2]C1=CCC(C)=C1C. The van der Waals surface area contributed by atoms with Gasteiger partial charge in [0.1, 0.15) is 0 Å². The highest BCUT2D eigenvalue weighted by molar-refractivity contribution is 6.40. The van der Waals surface area contributed by atoms with Gasteiger partial charge in [0.15, 0.2) is 9.76 Å². The van der Waals surface area contributed by atoms with Crippen molar-refractivity contribution in [1.82, 2.24) is 0 Å². The molecular formula is C9H16OSi. The third kappa shape index (κ3) is 2.04. The van der Waals surface area contributed by atoms with E-state index >= 15 is 0 Å². The van der Waals surface area contributed by atoms with E-state index in [9.17, 15) is 0 Å². The second kappa shape index (κ2) is 3.88. The lowest BCUT2D eigenvalue weighted by atomic mass is 10.2. The summed E-state index contributed by atoms with van der Waals surface area (Å²) in [7, 11) is -0.388. The average molecular weight is 168 g/mol. The maximum atomic E-state index is 5.47. The molecule has 2 heteroatoms. The molecule has 0 atom stereocenters. The summed E-state index contributed by atoms with van der Waals surface area (Å²) in [6.45, 7) is 7.35. The molecule has 0 aromatic rings. The van der Waals surface area contributed by atoms with Crippen LogP contribution in [0.25, 0.3) is 0 Å². The van der Waals surface area contributed by atoms with Crippen LogP contribution < -0.4 is 0 Å². The van der Waals surface area contributed by atoms with Crippen molar-refractivity contribution in [3.8, 4) is 0 Å². The highest BCUT2D eigenvalue weighted by Gasteiger charge is 2.09. The summed E-state index contributed by atoms with van der Waals surface area (Å²) in [5, 5.41) is 1.52. The first-order valence-corrected chi connectivity index (χ1v) is 5.47. The smallest absolute Gasteiger partial charge is 0.192 e. The quantitative estimate of drug-likeness (QED) is 0.583. The topological polar surface area (TPSA) is 9.23 Å². The van der Waals surface area contributed by atoms with Crippen LogP contribution in [0.15, 0.2) is 22.4 Å². The fourth-order valence-electron chi connectivity index (χ4n) is 1.24. The molecule has 62 valence electrons. The Morgan fingerprint density at radius 1 is 1.55 bits per heavy atom. The molecule has 1 rings (SSSR count). The van der Waals surface area contributed by atoms with Crippen LogP contribution in [0.5, 0.6) is 0 Å². The van der Waals surface area contributed by atoms with Crippen molar-refractivity contribution in [2.75, 3.05) is 6.61 Å². The lowest BCUT2D eigenvalue weighted by Crippen LogP contribution is -2.02. The van der Waals surface area contributed by atoms with E-state index in [1.54, 1.807) is 0 Å². The standard InChI is InChI=1S/C9H16OSi/c1-4-10-11-9-6-5-7(2)8(9)3/h6H,4-5,11H2,1-3H3. The van der Waals surface area contributed by atoms with Crippen molar-refractivity contribution in [2.24, 2.45) is 0 Å². The van der Waals surface area contributed by atoms with Crippen LogP contribution in [0.1, 0.15) is 27.2 Å². The van der Waals surface area contributed by atoms with E-state index in [0.29, 0.717) is 0 Å². The molecule has 0 saturated carbocycles. The van der Waals surface area contributed by atoms with Gasteiger partial charge in [0, 0.05) is 6.61 Å². The summed E-state index contributed by atoms with van der Waals surface area (Å²) in [5.41, 5.74) is 3.01. The summed E-state index contributed by atoms with van der Waals surface area (Å²) in [4.78, 5) is 0.